The van der Waals surface area contributed by atoms with Gasteiger partial charge in [-0.15, -0.1) is 10.2 Å². The number of thioether (sulfide) groups is 1. The zero-order valence-corrected chi connectivity index (χ0v) is 11.6. The van der Waals surface area contributed by atoms with E-state index < -0.39 is 5.97 Å². The number of carboxylic acid groups (broad SMARTS) is 1. The van der Waals surface area contributed by atoms with E-state index in [-0.39, 0.29) is 5.75 Å². The summed E-state index contributed by atoms with van der Waals surface area (Å²) in [5.74, 6) is -0.855. The van der Waals surface area contributed by atoms with Crippen molar-refractivity contribution in [3.05, 3.63) is 11.8 Å². The van der Waals surface area contributed by atoms with Crippen LogP contribution in [0.5, 0.6) is 0 Å². The number of rotatable bonds is 5. The molecule has 2 heterocycles. The Kier molecular flexibility index (Phi) is 3.97. The number of hydrogen-bond acceptors (Lipinski definition) is 6. The monoisotopic (exact) mass is 284 g/mol. The van der Waals surface area contributed by atoms with E-state index >= 15 is 0 Å². The summed E-state index contributed by atoms with van der Waals surface area (Å²) in [6, 6.07) is 1.95. The smallest absolute Gasteiger partial charge is 0.313 e. The van der Waals surface area contributed by atoms with E-state index in [9.17, 15) is 4.79 Å². The summed E-state index contributed by atoms with van der Waals surface area (Å²) in [6.45, 7) is 4.70. The lowest BCUT2D eigenvalue weighted by molar-refractivity contribution is -0.133. The van der Waals surface area contributed by atoms with Gasteiger partial charge in [-0.1, -0.05) is 23.1 Å². The molecule has 0 spiro atoms. The first-order valence-electron chi connectivity index (χ1n) is 5.33. The molecule has 0 aliphatic rings. The zero-order valence-electron chi connectivity index (χ0n) is 9.95. The highest BCUT2D eigenvalue weighted by Gasteiger charge is 2.13. The molecule has 2 aromatic rings. The van der Waals surface area contributed by atoms with Crippen LogP contribution >= 0.6 is 23.1 Å². The van der Waals surface area contributed by atoms with E-state index in [2.05, 4.69) is 15.3 Å². The average molecular weight is 284 g/mol. The molecule has 1 N–H and O–H groups in total. The van der Waals surface area contributed by atoms with Crippen LogP contribution in [0.4, 0.5) is 0 Å². The number of aryl methyl sites for hydroxylation is 2. The molecule has 0 saturated heterocycles. The first-order chi connectivity index (χ1) is 8.60. The fourth-order valence-corrected chi connectivity index (χ4v) is 3.05. The summed E-state index contributed by atoms with van der Waals surface area (Å²) >= 11 is 2.57. The van der Waals surface area contributed by atoms with Gasteiger partial charge in [0.15, 0.2) is 9.35 Å². The molecule has 2 rings (SSSR count). The van der Waals surface area contributed by atoms with E-state index in [4.69, 9.17) is 5.11 Å². The van der Waals surface area contributed by atoms with Crippen LogP contribution in [-0.4, -0.2) is 36.8 Å². The molecule has 6 nitrogen and oxygen atoms in total. The average Bonchev–Trinajstić information content (AvgIpc) is 2.92. The lowest BCUT2D eigenvalue weighted by Crippen LogP contribution is -1.98. The van der Waals surface area contributed by atoms with Crippen LogP contribution in [0.25, 0.3) is 10.7 Å². The second-order valence-corrected chi connectivity index (χ2v) is 5.74. The standard InChI is InChI=1S/C10H12N4O2S2/c1-3-14-7(4-6(2)13-14)9-11-12-10(18-9)17-5-8(15)16/h4H,3,5H2,1-2H3,(H,15,16). The van der Waals surface area contributed by atoms with Crippen molar-refractivity contribution >= 4 is 29.1 Å². The molecule has 2 aromatic heterocycles. The second-order valence-electron chi connectivity index (χ2n) is 3.54. The molecule has 18 heavy (non-hydrogen) atoms. The number of hydrogen-bond donors (Lipinski definition) is 1. The largest absolute Gasteiger partial charge is 0.481 e. The van der Waals surface area contributed by atoms with Gasteiger partial charge in [0.1, 0.15) is 0 Å². The number of carboxylic acids is 1. The second kappa shape index (κ2) is 5.49. The Hall–Kier alpha value is -1.41. The lowest BCUT2D eigenvalue weighted by atomic mass is 10.4. The molecule has 0 aromatic carbocycles. The summed E-state index contributed by atoms with van der Waals surface area (Å²) < 4.78 is 2.52. The Morgan fingerprint density at radius 1 is 1.56 bits per heavy atom. The van der Waals surface area contributed by atoms with E-state index in [1.807, 2.05) is 24.6 Å². The minimum atomic E-state index is -0.855. The third-order valence-electron chi connectivity index (χ3n) is 2.15. The Labute approximate surface area is 112 Å². The molecular weight excluding hydrogens is 272 g/mol. The Bertz CT molecular complexity index is 564. The molecule has 0 radical (unpaired) electrons. The molecule has 0 fully saturated rings. The molecule has 0 unspecified atom stereocenters. The summed E-state index contributed by atoms with van der Waals surface area (Å²) in [4.78, 5) is 10.5. The summed E-state index contributed by atoms with van der Waals surface area (Å²) in [5.41, 5.74) is 1.86. The topological polar surface area (TPSA) is 80.9 Å². The van der Waals surface area contributed by atoms with Crippen molar-refractivity contribution < 1.29 is 9.90 Å². The van der Waals surface area contributed by atoms with Gasteiger partial charge in [0.25, 0.3) is 0 Å². The molecule has 0 atom stereocenters. The first kappa shape index (κ1) is 13.0. The molecular formula is C10H12N4O2S2. The highest BCUT2D eigenvalue weighted by molar-refractivity contribution is 8.01. The van der Waals surface area contributed by atoms with Crippen LogP contribution in [-0.2, 0) is 11.3 Å². The van der Waals surface area contributed by atoms with Crippen molar-refractivity contribution in [3.63, 3.8) is 0 Å². The summed E-state index contributed by atoms with van der Waals surface area (Å²) in [7, 11) is 0. The quantitative estimate of drug-likeness (QED) is 0.845. The van der Waals surface area contributed by atoms with E-state index in [1.165, 1.54) is 23.1 Å². The Morgan fingerprint density at radius 2 is 2.33 bits per heavy atom. The van der Waals surface area contributed by atoms with E-state index in [0.717, 1.165) is 22.9 Å². The van der Waals surface area contributed by atoms with E-state index in [1.54, 1.807) is 0 Å². The van der Waals surface area contributed by atoms with Gasteiger partial charge in [-0.25, -0.2) is 0 Å². The van der Waals surface area contributed by atoms with Gasteiger partial charge in [-0.05, 0) is 19.9 Å². The minimum Gasteiger partial charge on any atom is -0.481 e. The van der Waals surface area contributed by atoms with Crippen molar-refractivity contribution in [1.82, 2.24) is 20.0 Å². The number of aromatic nitrogens is 4. The van der Waals surface area contributed by atoms with Crippen LogP contribution in [0.1, 0.15) is 12.6 Å². The maximum Gasteiger partial charge on any atom is 0.313 e. The van der Waals surface area contributed by atoms with Gasteiger partial charge in [0.2, 0.25) is 0 Å². The SMILES string of the molecule is CCn1nc(C)cc1-c1nnc(SCC(=O)O)s1. The first-order valence-corrected chi connectivity index (χ1v) is 7.13. The predicted molar refractivity (Wildman–Crippen MR) is 69.9 cm³/mol. The van der Waals surface area contributed by atoms with Crippen molar-refractivity contribution in [2.75, 3.05) is 5.75 Å². The molecule has 96 valence electrons. The molecule has 0 aliphatic heterocycles. The molecule has 0 bridgehead atoms. The number of carbonyl (C=O) groups is 1. The van der Waals surface area contributed by atoms with Crippen LogP contribution < -0.4 is 0 Å². The third kappa shape index (κ3) is 2.88. The minimum absolute atomic E-state index is 0.000695. The predicted octanol–water partition coefficient (Wildman–Crippen LogP) is 1.91. The van der Waals surface area contributed by atoms with Crippen molar-refractivity contribution in [2.24, 2.45) is 0 Å². The fourth-order valence-electron chi connectivity index (χ4n) is 1.45. The van der Waals surface area contributed by atoms with E-state index in [0.29, 0.717) is 4.34 Å². The van der Waals surface area contributed by atoms with Crippen LogP contribution in [0, 0.1) is 6.92 Å². The van der Waals surface area contributed by atoms with Crippen molar-refractivity contribution in [2.45, 2.75) is 24.7 Å². The Balaban J connectivity index is 2.20. The lowest BCUT2D eigenvalue weighted by Gasteiger charge is -1.98. The van der Waals surface area contributed by atoms with Gasteiger partial charge in [-0.3, -0.25) is 9.48 Å². The van der Waals surface area contributed by atoms with Gasteiger partial charge in [-0.2, -0.15) is 5.10 Å². The zero-order chi connectivity index (χ0) is 13.1. The van der Waals surface area contributed by atoms with Crippen LogP contribution in [0.15, 0.2) is 10.4 Å². The van der Waals surface area contributed by atoms with Crippen molar-refractivity contribution in [1.29, 1.82) is 0 Å². The molecule has 0 saturated carbocycles. The van der Waals surface area contributed by atoms with Gasteiger partial charge < -0.3 is 5.11 Å². The third-order valence-corrected chi connectivity index (χ3v) is 4.21. The Morgan fingerprint density at radius 3 is 3.00 bits per heavy atom. The molecule has 0 amide bonds. The van der Waals surface area contributed by atoms with Gasteiger partial charge in [0.05, 0.1) is 17.1 Å². The molecule has 0 aliphatic carbocycles. The van der Waals surface area contributed by atoms with Crippen LogP contribution in [0.2, 0.25) is 0 Å². The summed E-state index contributed by atoms with van der Waals surface area (Å²) in [5, 5.41) is 21.8. The van der Waals surface area contributed by atoms with Gasteiger partial charge in [0, 0.05) is 6.54 Å². The van der Waals surface area contributed by atoms with Gasteiger partial charge >= 0.3 is 5.97 Å². The highest BCUT2D eigenvalue weighted by atomic mass is 32.2. The molecule has 8 heteroatoms. The maximum absolute atomic E-state index is 10.5. The summed E-state index contributed by atoms with van der Waals surface area (Å²) in [6.07, 6.45) is 0. The number of aliphatic carboxylic acids is 1. The highest BCUT2D eigenvalue weighted by Crippen LogP contribution is 2.29. The van der Waals surface area contributed by atoms with Crippen LogP contribution in [0.3, 0.4) is 0 Å². The van der Waals surface area contributed by atoms with Crippen molar-refractivity contribution in [3.8, 4) is 10.7 Å². The number of nitrogens with zero attached hydrogens (tertiary/aromatic N) is 4. The maximum atomic E-state index is 10.5. The fraction of sp³-hybridized carbons (Fsp3) is 0.400. The normalized spacial score (nSPS) is 10.8.